The van der Waals surface area contributed by atoms with Crippen molar-refractivity contribution in [2.45, 2.75) is 18.4 Å². The van der Waals surface area contributed by atoms with Gasteiger partial charge in [0.15, 0.2) is 9.84 Å². The highest BCUT2D eigenvalue weighted by atomic mass is 79.9. The molecule has 0 saturated carbocycles. The fraction of sp³-hybridized carbons (Fsp3) is 0.200. The Bertz CT molecular complexity index is 775. The van der Waals surface area contributed by atoms with Gasteiger partial charge in [0, 0.05) is 33.5 Å². The first-order valence-electron chi connectivity index (χ1n) is 6.27. The summed E-state index contributed by atoms with van der Waals surface area (Å²) in [7, 11) is -3.31. The standard InChI is InChI=1S/C15H15BrClNO2S/c1-10-12(16)5-3-7-14(10)18-9-11-13(17)6-4-8-15(11)21(2,19)20/h3-8,18H,9H2,1-2H3. The van der Waals surface area contributed by atoms with Gasteiger partial charge in [0.2, 0.25) is 0 Å². The number of halogens is 2. The second kappa shape index (κ2) is 6.38. The number of benzene rings is 2. The topological polar surface area (TPSA) is 46.2 Å². The fourth-order valence-electron chi connectivity index (χ4n) is 2.04. The van der Waals surface area contributed by atoms with Crippen molar-refractivity contribution in [2.24, 2.45) is 0 Å². The van der Waals surface area contributed by atoms with Crippen molar-refractivity contribution in [1.82, 2.24) is 0 Å². The Kier molecular flexibility index (Phi) is 4.96. The summed E-state index contributed by atoms with van der Waals surface area (Å²) in [5.74, 6) is 0. The second-order valence-corrected chi connectivity index (χ2v) is 8.00. The van der Waals surface area contributed by atoms with Crippen molar-refractivity contribution in [1.29, 1.82) is 0 Å². The molecule has 0 aliphatic rings. The summed E-state index contributed by atoms with van der Waals surface area (Å²) in [5.41, 5.74) is 2.58. The minimum atomic E-state index is -3.31. The van der Waals surface area contributed by atoms with Crippen LogP contribution in [-0.4, -0.2) is 14.7 Å². The summed E-state index contributed by atoms with van der Waals surface area (Å²) in [6, 6.07) is 10.7. The van der Waals surface area contributed by atoms with Crippen LogP contribution in [0.2, 0.25) is 5.02 Å². The summed E-state index contributed by atoms with van der Waals surface area (Å²) in [6.45, 7) is 2.33. The number of hydrogen-bond acceptors (Lipinski definition) is 3. The van der Waals surface area contributed by atoms with Gasteiger partial charge >= 0.3 is 0 Å². The molecule has 0 aromatic heterocycles. The van der Waals surface area contributed by atoms with E-state index in [9.17, 15) is 8.42 Å². The normalized spacial score (nSPS) is 11.4. The average Bonchev–Trinajstić information content (AvgIpc) is 2.40. The largest absolute Gasteiger partial charge is 0.381 e. The molecule has 112 valence electrons. The molecule has 0 amide bonds. The van der Waals surface area contributed by atoms with Crippen molar-refractivity contribution < 1.29 is 8.42 Å². The molecular formula is C15H15BrClNO2S. The first kappa shape index (κ1) is 16.3. The van der Waals surface area contributed by atoms with Crippen molar-refractivity contribution in [3.05, 3.63) is 57.0 Å². The zero-order chi connectivity index (χ0) is 15.6. The van der Waals surface area contributed by atoms with E-state index in [-0.39, 0.29) is 4.90 Å². The zero-order valence-electron chi connectivity index (χ0n) is 11.7. The summed E-state index contributed by atoms with van der Waals surface area (Å²) < 4.78 is 24.7. The minimum Gasteiger partial charge on any atom is -0.381 e. The highest BCUT2D eigenvalue weighted by Gasteiger charge is 2.15. The first-order chi connectivity index (χ1) is 9.80. The molecule has 21 heavy (non-hydrogen) atoms. The predicted molar refractivity (Wildman–Crippen MR) is 90.8 cm³/mol. The van der Waals surface area contributed by atoms with Gasteiger partial charge in [-0.25, -0.2) is 8.42 Å². The molecule has 0 bridgehead atoms. The molecule has 0 spiro atoms. The van der Waals surface area contributed by atoms with Crippen molar-refractivity contribution in [2.75, 3.05) is 11.6 Å². The van der Waals surface area contributed by atoms with E-state index in [4.69, 9.17) is 11.6 Å². The van der Waals surface area contributed by atoms with E-state index in [2.05, 4.69) is 21.2 Å². The van der Waals surface area contributed by atoms with Gasteiger partial charge in [-0.3, -0.25) is 0 Å². The van der Waals surface area contributed by atoms with E-state index >= 15 is 0 Å². The van der Waals surface area contributed by atoms with Crippen LogP contribution in [0.25, 0.3) is 0 Å². The maximum Gasteiger partial charge on any atom is 0.175 e. The molecule has 2 aromatic carbocycles. The number of sulfone groups is 1. The second-order valence-electron chi connectivity index (χ2n) is 4.75. The Morgan fingerprint density at radius 3 is 2.52 bits per heavy atom. The third-order valence-corrected chi connectivity index (χ3v) is 5.59. The maximum absolute atomic E-state index is 11.8. The van der Waals surface area contributed by atoms with Gasteiger partial charge < -0.3 is 5.32 Å². The molecule has 6 heteroatoms. The maximum atomic E-state index is 11.8. The molecule has 0 aliphatic carbocycles. The smallest absolute Gasteiger partial charge is 0.175 e. The van der Waals surface area contributed by atoms with Crippen LogP contribution in [0.3, 0.4) is 0 Å². The summed E-state index contributed by atoms with van der Waals surface area (Å²) in [5, 5.41) is 3.69. The van der Waals surface area contributed by atoms with Crippen molar-refractivity contribution in [3.8, 4) is 0 Å². The third kappa shape index (κ3) is 3.78. The van der Waals surface area contributed by atoms with Gasteiger partial charge in [-0.05, 0) is 36.8 Å². The average molecular weight is 389 g/mol. The van der Waals surface area contributed by atoms with Crippen LogP contribution >= 0.6 is 27.5 Å². The Morgan fingerprint density at radius 2 is 1.86 bits per heavy atom. The summed E-state index contributed by atoms with van der Waals surface area (Å²) in [4.78, 5) is 0.259. The molecular weight excluding hydrogens is 374 g/mol. The van der Waals surface area contributed by atoms with Gasteiger partial charge in [-0.15, -0.1) is 0 Å². The molecule has 0 atom stereocenters. The highest BCUT2D eigenvalue weighted by molar-refractivity contribution is 9.10. The van der Waals surface area contributed by atoms with E-state index in [0.717, 1.165) is 15.7 Å². The van der Waals surface area contributed by atoms with E-state index in [1.54, 1.807) is 18.2 Å². The first-order valence-corrected chi connectivity index (χ1v) is 9.33. The van der Waals surface area contributed by atoms with Crippen LogP contribution in [0.5, 0.6) is 0 Å². The van der Waals surface area contributed by atoms with Crippen molar-refractivity contribution >= 4 is 43.1 Å². The molecule has 3 nitrogen and oxygen atoms in total. The van der Waals surface area contributed by atoms with E-state index in [1.165, 1.54) is 6.26 Å². The lowest BCUT2D eigenvalue weighted by Crippen LogP contribution is -2.08. The molecule has 0 radical (unpaired) electrons. The Hall–Kier alpha value is -1.04. The summed E-state index contributed by atoms with van der Waals surface area (Å²) >= 11 is 9.63. The van der Waals surface area contributed by atoms with Gasteiger partial charge in [-0.2, -0.15) is 0 Å². The molecule has 1 N–H and O–H groups in total. The number of hydrogen-bond donors (Lipinski definition) is 1. The highest BCUT2D eigenvalue weighted by Crippen LogP contribution is 2.27. The third-order valence-electron chi connectivity index (χ3n) is 3.20. The Labute approximate surface area is 138 Å². The van der Waals surface area contributed by atoms with Crippen LogP contribution in [-0.2, 0) is 16.4 Å². The minimum absolute atomic E-state index is 0.259. The van der Waals surface area contributed by atoms with Crippen molar-refractivity contribution in [3.63, 3.8) is 0 Å². The zero-order valence-corrected chi connectivity index (χ0v) is 14.8. The SMILES string of the molecule is Cc1c(Br)cccc1NCc1c(Cl)cccc1S(C)(=O)=O. The van der Waals surface area contributed by atoms with Gasteiger partial charge in [0.25, 0.3) is 0 Å². The molecule has 0 unspecified atom stereocenters. The number of nitrogens with one attached hydrogen (secondary N) is 1. The lowest BCUT2D eigenvalue weighted by Gasteiger charge is -2.14. The van der Waals surface area contributed by atoms with Crippen LogP contribution in [0.1, 0.15) is 11.1 Å². The van der Waals surface area contributed by atoms with Gasteiger partial charge in [-0.1, -0.05) is 39.7 Å². The van der Waals surface area contributed by atoms with E-state index in [0.29, 0.717) is 17.1 Å². The monoisotopic (exact) mass is 387 g/mol. The fourth-order valence-corrected chi connectivity index (χ4v) is 3.66. The molecule has 0 fully saturated rings. The van der Waals surface area contributed by atoms with Crippen LogP contribution < -0.4 is 5.32 Å². The number of rotatable bonds is 4. The van der Waals surface area contributed by atoms with E-state index in [1.807, 2.05) is 25.1 Å². The van der Waals surface area contributed by atoms with E-state index < -0.39 is 9.84 Å². The number of anilines is 1. The molecule has 0 aliphatic heterocycles. The van der Waals surface area contributed by atoms with Gasteiger partial charge in [0.1, 0.15) is 0 Å². The predicted octanol–water partition coefficient (Wildman–Crippen LogP) is 4.43. The molecule has 2 rings (SSSR count). The summed E-state index contributed by atoms with van der Waals surface area (Å²) in [6.07, 6.45) is 1.19. The lowest BCUT2D eigenvalue weighted by molar-refractivity contribution is 0.601. The van der Waals surface area contributed by atoms with Gasteiger partial charge in [0.05, 0.1) is 4.90 Å². The quantitative estimate of drug-likeness (QED) is 0.843. The van der Waals surface area contributed by atoms with Crippen LogP contribution in [0, 0.1) is 6.92 Å². The molecule has 2 aromatic rings. The van der Waals surface area contributed by atoms with Crippen LogP contribution in [0.4, 0.5) is 5.69 Å². The lowest BCUT2D eigenvalue weighted by atomic mass is 10.1. The Morgan fingerprint density at radius 1 is 1.19 bits per heavy atom. The molecule has 0 saturated heterocycles. The Balaban J connectivity index is 2.35. The molecule has 0 heterocycles. The van der Waals surface area contributed by atoms with Crippen LogP contribution in [0.15, 0.2) is 45.8 Å².